The van der Waals surface area contributed by atoms with Gasteiger partial charge in [-0.3, -0.25) is 0 Å². The summed E-state index contributed by atoms with van der Waals surface area (Å²) in [5, 5.41) is 8.97. The molecule has 84 heavy (non-hydrogen) atoms. The number of fused-ring (bicyclic) bond motifs is 9. The van der Waals surface area contributed by atoms with Gasteiger partial charge in [-0.05, 0) is 186 Å². The molecule has 0 saturated heterocycles. The van der Waals surface area contributed by atoms with Crippen LogP contribution >= 0.6 is 0 Å². The zero-order valence-corrected chi connectivity index (χ0v) is 47.4. The normalized spacial score (nSPS) is 11.8. The molecule has 15 rings (SSSR count). The van der Waals surface area contributed by atoms with Crippen molar-refractivity contribution in [2.45, 2.75) is 39.5 Å². The van der Waals surface area contributed by atoms with Crippen LogP contribution in [0.1, 0.15) is 50.7 Å². The Labute approximate surface area is 489 Å². The molecule has 0 bridgehead atoms. The second-order valence-corrected chi connectivity index (χ2v) is 22.8. The quantitative estimate of drug-likeness (QED) is 0.122. The molecule has 0 amide bonds. The van der Waals surface area contributed by atoms with Gasteiger partial charge < -0.3 is 18.6 Å². The Balaban J connectivity index is 0.859. The van der Waals surface area contributed by atoms with Crippen LogP contribution < -0.4 is 9.80 Å². The van der Waals surface area contributed by atoms with Crippen LogP contribution in [-0.4, -0.2) is 0 Å². The van der Waals surface area contributed by atoms with Gasteiger partial charge in [0.1, 0.15) is 11.2 Å². The van der Waals surface area contributed by atoms with E-state index in [4.69, 9.17) is 8.83 Å². The first-order chi connectivity index (χ1) is 41.3. The molecule has 0 radical (unpaired) electrons. The molecular formula is C80H60N2O2. The van der Waals surface area contributed by atoms with Crippen LogP contribution in [0.5, 0.6) is 0 Å². The average Bonchev–Trinajstić information content (AvgIpc) is 1.69. The van der Waals surface area contributed by atoms with Crippen molar-refractivity contribution in [2.75, 3.05) is 9.80 Å². The highest BCUT2D eigenvalue weighted by Gasteiger charge is 2.28. The summed E-state index contributed by atoms with van der Waals surface area (Å²) in [5.41, 5.74) is 21.8. The lowest BCUT2D eigenvalue weighted by Gasteiger charge is -2.26. The van der Waals surface area contributed by atoms with Crippen molar-refractivity contribution < 1.29 is 8.83 Å². The summed E-state index contributed by atoms with van der Waals surface area (Å²) in [4.78, 5) is 4.71. The molecule has 0 aliphatic heterocycles. The fourth-order valence-corrected chi connectivity index (χ4v) is 12.9. The first-order valence-corrected chi connectivity index (χ1v) is 29.3. The van der Waals surface area contributed by atoms with E-state index in [2.05, 4.69) is 317 Å². The number of hydrogen-bond acceptors (Lipinski definition) is 4. The minimum atomic E-state index is 0.214. The van der Waals surface area contributed by atoms with E-state index in [1.807, 2.05) is 0 Å². The zero-order chi connectivity index (χ0) is 56.4. The summed E-state index contributed by atoms with van der Waals surface area (Å²) in [5.74, 6) is 0.427. The van der Waals surface area contributed by atoms with Crippen LogP contribution in [0.4, 0.5) is 34.1 Å². The molecule has 0 N–H and O–H groups in total. The van der Waals surface area contributed by atoms with Gasteiger partial charge in [-0.25, -0.2) is 0 Å². The first kappa shape index (κ1) is 50.5. The minimum Gasteiger partial charge on any atom is -0.452 e. The molecule has 402 valence electrons. The van der Waals surface area contributed by atoms with Crippen LogP contribution in [-0.2, 0) is 0 Å². The van der Waals surface area contributed by atoms with Crippen molar-refractivity contribution in [3.05, 3.63) is 290 Å². The second-order valence-electron chi connectivity index (χ2n) is 22.8. The molecule has 0 unspecified atom stereocenters. The third-order valence-electron chi connectivity index (χ3n) is 16.9. The van der Waals surface area contributed by atoms with Gasteiger partial charge in [0.05, 0.1) is 0 Å². The van der Waals surface area contributed by atoms with Crippen molar-refractivity contribution in [3.8, 4) is 44.5 Å². The van der Waals surface area contributed by atoms with Gasteiger partial charge in [-0.1, -0.05) is 210 Å². The maximum absolute atomic E-state index is 7.21. The van der Waals surface area contributed by atoms with Crippen LogP contribution in [0.3, 0.4) is 0 Å². The Morgan fingerprint density at radius 2 is 0.512 bits per heavy atom. The number of furan rings is 2. The molecular weight excluding hydrogens is 1020 g/mol. The molecule has 0 atom stereocenters. The summed E-state index contributed by atoms with van der Waals surface area (Å²) in [7, 11) is 0. The van der Waals surface area contributed by atoms with Gasteiger partial charge in [-0.15, -0.1) is 0 Å². The van der Waals surface area contributed by atoms with Crippen molar-refractivity contribution in [3.63, 3.8) is 0 Å². The standard InChI is InChI=1S/C80H60N2O2/c1-51(2)75-76(52(3)4)78-72-48-62-34-44-70(82(67-39-29-59(30-40-67)55-21-13-7-14-22-55)68-41-31-60(32-42-68)56-23-15-8-16-24-56)46-64(62)50-74(72)84-80(78)79-77(75)71-47-61-33-43-69(45-63(61)49-73(71)83-79)81(65-35-25-57(26-36-65)53-17-9-5-10-18-53)66-37-27-58(28-38-66)54-19-11-6-12-20-54/h5-52H,1-4H3. The minimum absolute atomic E-state index is 0.214. The van der Waals surface area contributed by atoms with Crippen LogP contribution in [0, 0.1) is 0 Å². The predicted octanol–water partition coefficient (Wildman–Crippen LogP) is 23.6. The van der Waals surface area contributed by atoms with E-state index in [1.165, 1.54) is 55.6 Å². The largest absolute Gasteiger partial charge is 0.452 e. The molecule has 15 aromatic rings. The third kappa shape index (κ3) is 8.95. The lowest BCUT2D eigenvalue weighted by Crippen LogP contribution is -2.09. The fraction of sp³-hybridized carbons (Fsp3) is 0.0750. The van der Waals surface area contributed by atoms with Gasteiger partial charge in [0.2, 0.25) is 0 Å². The Bertz CT molecular complexity index is 4410. The highest BCUT2D eigenvalue weighted by Crippen LogP contribution is 2.50. The molecule has 0 aliphatic carbocycles. The van der Waals surface area contributed by atoms with E-state index in [-0.39, 0.29) is 11.8 Å². The van der Waals surface area contributed by atoms with Gasteiger partial charge in [-0.2, -0.15) is 0 Å². The van der Waals surface area contributed by atoms with Crippen LogP contribution in [0.15, 0.2) is 288 Å². The maximum atomic E-state index is 7.21. The highest BCUT2D eigenvalue weighted by atomic mass is 16.4. The third-order valence-corrected chi connectivity index (χ3v) is 16.9. The topological polar surface area (TPSA) is 32.8 Å². The first-order valence-electron chi connectivity index (χ1n) is 29.3. The second kappa shape index (κ2) is 20.8. The Hall–Kier alpha value is -10.4. The van der Waals surface area contributed by atoms with E-state index in [9.17, 15) is 0 Å². The molecule has 0 fully saturated rings. The molecule has 4 nitrogen and oxygen atoms in total. The maximum Gasteiger partial charge on any atom is 0.178 e. The SMILES string of the molecule is CC(C)c1c(C(C)C)c2c3cc4ccc(N(c5ccc(-c6ccccc6)cc5)c5ccc(-c6ccccc6)cc5)cc4cc3oc2c2oc3cc4cc(N(c5ccc(-c6ccccc6)cc5)c5ccc(-c6ccccc6)cc5)ccc4cc3c12. The molecule has 0 saturated carbocycles. The van der Waals surface area contributed by atoms with Crippen molar-refractivity contribution in [1.82, 2.24) is 0 Å². The van der Waals surface area contributed by atoms with Gasteiger partial charge in [0.15, 0.2) is 11.2 Å². The number of hydrogen-bond donors (Lipinski definition) is 0. The Kier molecular flexibility index (Phi) is 12.5. The van der Waals surface area contributed by atoms with Gasteiger partial charge in [0, 0.05) is 55.7 Å². The number of benzene rings is 13. The van der Waals surface area contributed by atoms with Gasteiger partial charge in [0.25, 0.3) is 0 Å². The average molecular weight is 1080 g/mol. The molecule has 2 aromatic heterocycles. The zero-order valence-electron chi connectivity index (χ0n) is 47.4. The molecule has 0 spiro atoms. The summed E-state index contributed by atoms with van der Waals surface area (Å²) in [6.45, 7) is 9.28. The van der Waals surface area contributed by atoms with Gasteiger partial charge >= 0.3 is 0 Å². The Morgan fingerprint density at radius 3 is 0.786 bits per heavy atom. The Morgan fingerprint density at radius 1 is 0.250 bits per heavy atom. The smallest absolute Gasteiger partial charge is 0.178 e. The van der Waals surface area contributed by atoms with E-state index in [1.54, 1.807) is 0 Å². The van der Waals surface area contributed by atoms with Crippen LogP contribution in [0.2, 0.25) is 0 Å². The summed E-state index contributed by atoms with van der Waals surface area (Å²) < 4.78 is 14.4. The van der Waals surface area contributed by atoms with E-state index in [0.29, 0.717) is 0 Å². The van der Waals surface area contributed by atoms with E-state index >= 15 is 0 Å². The van der Waals surface area contributed by atoms with E-state index in [0.717, 1.165) is 99.5 Å². The van der Waals surface area contributed by atoms with Crippen molar-refractivity contribution >= 4 is 99.5 Å². The highest BCUT2D eigenvalue weighted by molar-refractivity contribution is 6.24. The van der Waals surface area contributed by atoms with Crippen molar-refractivity contribution in [1.29, 1.82) is 0 Å². The molecule has 4 heteroatoms. The number of nitrogens with zero attached hydrogens (tertiary/aromatic N) is 2. The van der Waals surface area contributed by atoms with Crippen LogP contribution in [0.25, 0.3) is 110 Å². The summed E-state index contributed by atoms with van der Waals surface area (Å²) >= 11 is 0. The predicted molar refractivity (Wildman–Crippen MR) is 355 cm³/mol. The fourth-order valence-electron chi connectivity index (χ4n) is 12.9. The van der Waals surface area contributed by atoms with Crippen molar-refractivity contribution in [2.24, 2.45) is 0 Å². The lowest BCUT2D eigenvalue weighted by atomic mass is 9.84. The monoisotopic (exact) mass is 1080 g/mol. The molecule has 2 heterocycles. The molecule has 13 aromatic carbocycles. The number of rotatable bonds is 12. The number of anilines is 6. The molecule has 0 aliphatic rings. The lowest BCUT2D eigenvalue weighted by molar-refractivity contribution is 0.632. The summed E-state index contributed by atoms with van der Waals surface area (Å²) in [6, 6.07) is 101. The summed E-state index contributed by atoms with van der Waals surface area (Å²) in [6.07, 6.45) is 0. The van der Waals surface area contributed by atoms with E-state index < -0.39 is 0 Å².